The number of ether oxygens (including phenoxy) is 3. The van der Waals surface area contributed by atoms with E-state index in [0.29, 0.717) is 28.3 Å². The molecule has 6 heteroatoms. The Morgan fingerprint density at radius 3 is 2.15 bits per heavy atom. The summed E-state index contributed by atoms with van der Waals surface area (Å²) in [6.07, 6.45) is 1.83. The molecule has 0 aliphatic heterocycles. The van der Waals surface area contributed by atoms with E-state index in [1.165, 1.54) is 0 Å². The first-order valence-corrected chi connectivity index (χ1v) is 8.14. The Balaban J connectivity index is 2.19. The highest BCUT2D eigenvalue weighted by molar-refractivity contribution is 5.83. The van der Waals surface area contributed by atoms with Crippen molar-refractivity contribution in [2.45, 2.75) is 0 Å². The van der Waals surface area contributed by atoms with E-state index in [-0.39, 0.29) is 5.43 Å². The van der Waals surface area contributed by atoms with Crippen LogP contribution in [0.5, 0.6) is 17.2 Å². The van der Waals surface area contributed by atoms with E-state index in [0.717, 1.165) is 11.2 Å². The second-order valence-electron chi connectivity index (χ2n) is 5.91. The zero-order valence-corrected chi connectivity index (χ0v) is 15.6. The fourth-order valence-electron chi connectivity index (χ4n) is 3.06. The molecule has 0 aliphatic rings. The minimum atomic E-state index is -0.0325. The largest absolute Gasteiger partial charge is 0.493 e. The quantitative estimate of drug-likeness (QED) is 0.703. The lowest BCUT2D eigenvalue weighted by Gasteiger charge is -2.23. The first kappa shape index (κ1) is 17.7. The van der Waals surface area contributed by atoms with Crippen LogP contribution < -0.4 is 24.5 Å². The van der Waals surface area contributed by atoms with Gasteiger partial charge in [0.25, 0.3) is 0 Å². The number of aryl methyl sites for hydroxylation is 1. The van der Waals surface area contributed by atoms with E-state index in [9.17, 15) is 4.79 Å². The standard InChI is InChI=1S/C20H22N2O4/c1-21-12-16(19(23)14-8-6-7-9-15(14)21)22(2)13-10-17(24-3)20(26-5)18(11-13)25-4/h6-12H,1-5H3. The highest BCUT2D eigenvalue weighted by atomic mass is 16.5. The third-order valence-electron chi connectivity index (χ3n) is 4.48. The molecule has 0 aliphatic carbocycles. The molecule has 6 nitrogen and oxygen atoms in total. The topological polar surface area (TPSA) is 52.9 Å². The molecule has 0 saturated carbocycles. The van der Waals surface area contributed by atoms with Crippen LogP contribution in [0, 0.1) is 0 Å². The molecular formula is C20H22N2O4. The highest BCUT2D eigenvalue weighted by Crippen LogP contribution is 2.41. The lowest BCUT2D eigenvalue weighted by Crippen LogP contribution is -2.21. The van der Waals surface area contributed by atoms with Gasteiger partial charge in [-0.3, -0.25) is 4.79 Å². The Morgan fingerprint density at radius 2 is 1.58 bits per heavy atom. The summed E-state index contributed by atoms with van der Waals surface area (Å²) in [5.74, 6) is 1.58. The van der Waals surface area contributed by atoms with Gasteiger partial charge in [0.15, 0.2) is 11.5 Å². The number of para-hydroxylation sites is 1. The number of methoxy groups -OCH3 is 3. The number of rotatable bonds is 5. The maximum Gasteiger partial charge on any atom is 0.212 e. The fourth-order valence-corrected chi connectivity index (χ4v) is 3.06. The van der Waals surface area contributed by atoms with Crippen LogP contribution in [0.3, 0.4) is 0 Å². The van der Waals surface area contributed by atoms with E-state index in [1.54, 1.807) is 21.3 Å². The van der Waals surface area contributed by atoms with E-state index in [1.807, 2.05) is 66.2 Å². The van der Waals surface area contributed by atoms with Gasteiger partial charge in [0.05, 0.1) is 26.8 Å². The monoisotopic (exact) mass is 354 g/mol. The minimum Gasteiger partial charge on any atom is -0.493 e. The van der Waals surface area contributed by atoms with Crippen LogP contribution in [-0.2, 0) is 7.05 Å². The van der Waals surface area contributed by atoms with Crippen molar-refractivity contribution in [2.24, 2.45) is 7.05 Å². The van der Waals surface area contributed by atoms with Gasteiger partial charge in [0.2, 0.25) is 11.2 Å². The molecular weight excluding hydrogens is 332 g/mol. The van der Waals surface area contributed by atoms with Gasteiger partial charge in [0.1, 0.15) is 5.69 Å². The number of benzene rings is 2. The van der Waals surface area contributed by atoms with Crippen molar-refractivity contribution in [1.29, 1.82) is 0 Å². The van der Waals surface area contributed by atoms with Gasteiger partial charge in [-0.15, -0.1) is 0 Å². The molecule has 3 aromatic rings. The molecule has 0 spiro atoms. The first-order chi connectivity index (χ1) is 12.5. The van der Waals surface area contributed by atoms with Crippen LogP contribution >= 0.6 is 0 Å². The summed E-state index contributed by atoms with van der Waals surface area (Å²) in [6, 6.07) is 11.2. The average Bonchev–Trinajstić information content (AvgIpc) is 2.68. The molecule has 26 heavy (non-hydrogen) atoms. The summed E-state index contributed by atoms with van der Waals surface area (Å²) < 4.78 is 18.1. The Morgan fingerprint density at radius 1 is 0.962 bits per heavy atom. The van der Waals surface area contributed by atoms with Gasteiger partial charge < -0.3 is 23.7 Å². The highest BCUT2D eigenvalue weighted by Gasteiger charge is 2.18. The van der Waals surface area contributed by atoms with Gasteiger partial charge in [-0.2, -0.15) is 0 Å². The number of nitrogens with zero attached hydrogens (tertiary/aromatic N) is 2. The molecule has 0 atom stereocenters. The van der Waals surface area contributed by atoms with E-state index >= 15 is 0 Å². The van der Waals surface area contributed by atoms with Crippen LogP contribution in [0.2, 0.25) is 0 Å². The molecule has 136 valence electrons. The van der Waals surface area contributed by atoms with Crippen LogP contribution in [-0.4, -0.2) is 32.9 Å². The number of fused-ring (bicyclic) bond motifs is 1. The molecule has 2 aromatic carbocycles. The van der Waals surface area contributed by atoms with E-state index in [2.05, 4.69) is 0 Å². The fraction of sp³-hybridized carbons (Fsp3) is 0.250. The SMILES string of the molecule is COc1cc(N(C)c2cn(C)c3ccccc3c2=O)cc(OC)c1OC. The lowest BCUT2D eigenvalue weighted by molar-refractivity contribution is 0.324. The summed E-state index contributed by atoms with van der Waals surface area (Å²) in [6.45, 7) is 0. The van der Waals surface area contributed by atoms with Crippen LogP contribution in [0.15, 0.2) is 47.4 Å². The molecule has 0 unspecified atom stereocenters. The van der Waals surface area contributed by atoms with Crippen molar-refractivity contribution in [3.63, 3.8) is 0 Å². The summed E-state index contributed by atoms with van der Waals surface area (Å²) in [4.78, 5) is 14.8. The average molecular weight is 354 g/mol. The third-order valence-corrected chi connectivity index (χ3v) is 4.48. The molecule has 3 rings (SSSR count). The van der Waals surface area contributed by atoms with Crippen molar-refractivity contribution >= 4 is 22.3 Å². The van der Waals surface area contributed by atoms with Gasteiger partial charge >= 0.3 is 0 Å². The predicted octanol–water partition coefficient (Wildman–Crippen LogP) is 3.33. The zero-order valence-electron chi connectivity index (χ0n) is 15.6. The second-order valence-corrected chi connectivity index (χ2v) is 5.91. The molecule has 0 N–H and O–H groups in total. The van der Waals surface area contributed by atoms with Gasteiger partial charge in [-0.05, 0) is 12.1 Å². The van der Waals surface area contributed by atoms with Gasteiger partial charge in [-0.1, -0.05) is 12.1 Å². The van der Waals surface area contributed by atoms with Crippen LogP contribution in [0.4, 0.5) is 11.4 Å². The predicted molar refractivity (Wildman–Crippen MR) is 103 cm³/mol. The van der Waals surface area contributed by atoms with E-state index < -0.39 is 0 Å². The van der Waals surface area contributed by atoms with Crippen molar-refractivity contribution in [3.8, 4) is 17.2 Å². The molecule has 0 amide bonds. The molecule has 0 saturated heterocycles. The maximum absolute atomic E-state index is 13.0. The normalized spacial score (nSPS) is 10.7. The first-order valence-electron chi connectivity index (χ1n) is 8.14. The van der Waals surface area contributed by atoms with Crippen molar-refractivity contribution < 1.29 is 14.2 Å². The van der Waals surface area contributed by atoms with Gasteiger partial charge in [-0.25, -0.2) is 0 Å². The molecule has 0 fully saturated rings. The summed E-state index contributed by atoms with van der Waals surface area (Å²) in [7, 11) is 8.45. The maximum atomic E-state index is 13.0. The molecule has 0 bridgehead atoms. The van der Waals surface area contributed by atoms with Crippen LogP contribution in [0.25, 0.3) is 10.9 Å². The zero-order chi connectivity index (χ0) is 18.8. The Bertz CT molecular complexity index is 985. The minimum absolute atomic E-state index is 0.0325. The Labute approximate surface area is 152 Å². The number of pyridine rings is 1. The molecule has 1 aromatic heterocycles. The second kappa shape index (κ2) is 7.00. The Hall–Kier alpha value is -3.15. The number of hydrogen-bond acceptors (Lipinski definition) is 5. The molecule has 0 radical (unpaired) electrons. The van der Waals surface area contributed by atoms with Crippen LogP contribution in [0.1, 0.15) is 0 Å². The number of aromatic nitrogens is 1. The number of hydrogen-bond donors (Lipinski definition) is 0. The van der Waals surface area contributed by atoms with Gasteiger partial charge in [0, 0.05) is 43.5 Å². The molecule has 1 heterocycles. The Kier molecular flexibility index (Phi) is 4.75. The third kappa shape index (κ3) is 2.83. The van der Waals surface area contributed by atoms with Crippen molar-refractivity contribution in [1.82, 2.24) is 4.57 Å². The summed E-state index contributed by atoms with van der Waals surface area (Å²) in [5, 5.41) is 0.673. The summed E-state index contributed by atoms with van der Waals surface area (Å²) >= 11 is 0. The lowest BCUT2D eigenvalue weighted by atomic mass is 10.1. The smallest absolute Gasteiger partial charge is 0.212 e. The van der Waals surface area contributed by atoms with E-state index in [4.69, 9.17) is 14.2 Å². The number of anilines is 2. The van der Waals surface area contributed by atoms with Crippen molar-refractivity contribution in [2.75, 3.05) is 33.3 Å². The summed E-state index contributed by atoms with van der Waals surface area (Å²) in [5.41, 5.74) is 2.17. The van der Waals surface area contributed by atoms with Crippen molar-refractivity contribution in [3.05, 3.63) is 52.8 Å².